The zero-order chi connectivity index (χ0) is 25.7. The van der Waals surface area contributed by atoms with Crippen LogP contribution in [0.1, 0.15) is 91.7 Å². The molecule has 0 radical (unpaired) electrons. The fraction of sp³-hybridized carbons (Fsp3) is 0.654. The van der Waals surface area contributed by atoms with E-state index in [9.17, 15) is 19.5 Å². The van der Waals surface area contributed by atoms with E-state index in [2.05, 4.69) is 17.6 Å². The predicted octanol–water partition coefficient (Wildman–Crippen LogP) is 4.67. The van der Waals surface area contributed by atoms with Crippen LogP contribution in [-0.4, -0.2) is 52.6 Å². The second-order valence-corrected chi connectivity index (χ2v) is 9.60. The van der Waals surface area contributed by atoms with Gasteiger partial charge in [0.15, 0.2) is 0 Å². The first-order chi connectivity index (χ1) is 16.0. The Hall–Kier alpha value is -2.77. The molecular formula is C26H43N3O5. The SMILES string of the molecule is CCCCCCN(C(=O)C(C)NC(=O)OC(C)(C)C)C(C(=O)NCCCC)c1ccc(O)cc1. The van der Waals surface area contributed by atoms with Crippen molar-refractivity contribution < 1.29 is 24.2 Å². The average Bonchev–Trinajstić information content (AvgIpc) is 2.75. The minimum atomic E-state index is -0.885. The Labute approximate surface area is 204 Å². The normalized spacial score (nSPS) is 13.0. The first kappa shape index (κ1) is 29.3. The Balaban J connectivity index is 3.22. The lowest BCUT2D eigenvalue weighted by Crippen LogP contribution is -2.52. The minimum absolute atomic E-state index is 0.0784. The Kier molecular flexibility index (Phi) is 12.5. The van der Waals surface area contributed by atoms with E-state index in [4.69, 9.17) is 4.74 Å². The molecule has 0 aliphatic rings. The third kappa shape index (κ3) is 10.4. The van der Waals surface area contributed by atoms with Gasteiger partial charge in [0.25, 0.3) is 0 Å². The number of carbonyl (C=O) groups excluding carboxylic acids is 3. The van der Waals surface area contributed by atoms with Gasteiger partial charge in [-0.25, -0.2) is 4.79 Å². The highest BCUT2D eigenvalue weighted by Gasteiger charge is 2.34. The molecule has 1 aromatic carbocycles. The summed E-state index contributed by atoms with van der Waals surface area (Å²) in [4.78, 5) is 40.6. The minimum Gasteiger partial charge on any atom is -0.508 e. The van der Waals surface area contributed by atoms with Crippen LogP contribution in [-0.2, 0) is 14.3 Å². The summed E-state index contributed by atoms with van der Waals surface area (Å²) in [5.41, 5.74) is -0.0967. The Morgan fingerprint density at radius 1 is 1.00 bits per heavy atom. The van der Waals surface area contributed by atoms with Gasteiger partial charge in [-0.05, 0) is 58.2 Å². The fourth-order valence-corrected chi connectivity index (χ4v) is 3.48. The van der Waals surface area contributed by atoms with Gasteiger partial charge < -0.3 is 25.4 Å². The molecule has 192 valence electrons. The number of unbranched alkanes of at least 4 members (excludes halogenated alkanes) is 4. The predicted molar refractivity (Wildman–Crippen MR) is 133 cm³/mol. The summed E-state index contributed by atoms with van der Waals surface area (Å²) in [5, 5.41) is 15.3. The number of nitrogens with one attached hydrogen (secondary N) is 2. The van der Waals surface area contributed by atoms with Gasteiger partial charge in [-0.1, -0.05) is 51.7 Å². The van der Waals surface area contributed by atoms with Gasteiger partial charge in [-0.3, -0.25) is 9.59 Å². The van der Waals surface area contributed by atoms with Crippen molar-refractivity contribution >= 4 is 17.9 Å². The molecule has 0 aliphatic heterocycles. The molecule has 0 aliphatic carbocycles. The van der Waals surface area contributed by atoms with Crippen molar-refractivity contribution in [2.45, 2.75) is 97.8 Å². The highest BCUT2D eigenvalue weighted by molar-refractivity contribution is 5.92. The van der Waals surface area contributed by atoms with Gasteiger partial charge in [-0.15, -0.1) is 0 Å². The van der Waals surface area contributed by atoms with Crippen molar-refractivity contribution in [3.8, 4) is 5.75 Å². The molecule has 0 bridgehead atoms. The van der Waals surface area contributed by atoms with E-state index >= 15 is 0 Å². The molecule has 8 heteroatoms. The molecule has 2 unspecified atom stereocenters. The van der Waals surface area contributed by atoms with E-state index in [0.29, 0.717) is 18.7 Å². The largest absolute Gasteiger partial charge is 0.508 e. The van der Waals surface area contributed by atoms with Crippen molar-refractivity contribution in [3.05, 3.63) is 29.8 Å². The Morgan fingerprint density at radius 3 is 2.18 bits per heavy atom. The number of nitrogens with zero attached hydrogens (tertiary/aromatic N) is 1. The monoisotopic (exact) mass is 477 g/mol. The standard InChI is InChI=1S/C26H43N3O5/c1-7-9-11-12-18-29(24(32)19(3)28-25(33)34-26(4,5)6)22(23(31)27-17-10-8-2)20-13-15-21(30)16-14-20/h13-16,19,22,30H,7-12,17-18H2,1-6H3,(H,27,31)(H,28,33). The summed E-state index contributed by atoms with van der Waals surface area (Å²) in [7, 11) is 0. The maximum absolute atomic E-state index is 13.6. The molecule has 0 heterocycles. The number of hydrogen-bond donors (Lipinski definition) is 3. The van der Waals surface area contributed by atoms with Crippen LogP contribution in [0.3, 0.4) is 0 Å². The van der Waals surface area contributed by atoms with Crippen LogP contribution < -0.4 is 10.6 Å². The van der Waals surface area contributed by atoms with Crippen molar-refractivity contribution in [1.82, 2.24) is 15.5 Å². The fourth-order valence-electron chi connectivity index (χ4n) is 3.48. The van der Waals surface area contributed by atoms with Crippen molar-refractivity contribution in [2.75, 3.05) is 13.1 Å². The number of benzene rings is 1. The number of ether oxygens (including phenoxy) is 1. The second kappa shape index (κ2) is 14.5. The molecule has 0 aromatic heterocycles. The first-order valence-electron chi connectivity index (χ1n) is 12.4. The van der Waals surface area contributed by atoms with Gasteiger partial charge >= 0.3 is 6.09 Å². The quantitative estimate of drug-likeness (QED) is 0.358. The molecular weight excluding hydrogens is 434 g/mol. The van der Waals surface area contributed by atoms with E-state index < -0.39 is 23.8 Å². The van der Waals surface area contributed by atoms with Gasteiger partial charge in [-0.2, -0.15) is 0 Å². The van der Waals surface area contributed by atoms with Crippen LogP contribution in [0.25, 0.3) is 0 Å². The number of aromatic hydroxyl groups is 1. The molecule has 1 aromatic rings. The maximum atomic E-state index is 13.6. The van der Waals surface area contributed by atoms with Gasteiger partial charge in [0.05, 0.1) is 0 Å². The lowest BCUT2D eigenvalue weighted by Gasteiger charge is -2.33. The number of carbonyl (C=O) groups is 3. The number of amides is 3. The molecule has 0 saturated heterocycles. The van der Waals surface area contributed by atoms with Crippen LogP contribution in [0.15, 0.2) is 24.3 Å². The molecule has 3 amide bonds. The summed E-state index contributed by atoms with van der Waals surface area (Å²) < 4.78 is 5.29. The van der Waals surface area contributed by atoms with E-state index in [1.807, 2.05) is 6.92 Å². The van der Waals surface area contributed by atoms with E-state index in [1.54, 1.807) is 39.8 Å². The Morgan fingerprint density at radius 2 is 1.62 bits per heavy atom. The van der Waals surface area contributed by atoms with Crippen molar-refractivity contribution in [2.24, 2.45) is 0 Å². The van der Waals surface area contributed by atoms with Crippen LogP contribution >= 0.6 is 0 Å². The van der Waals surface area contributed by atoms with Crippen molar-refractivity contribution in [3.63, 3.8) is 0 Å². The Bertz CT molecular complexity index is 774. The molecule has 8 nitrogen and oxygen atoms in total. The third-order valence-electron chi connectivity index (χ3n) is 5.24. The lowest BCUT2D eigenvalue weighted by atomic mass is 10.0. The molecule has 34 heavy (non-hydrogen) atoms. The third-order valence-corrected chi connectivity index (χ3v) is 5.24. The number of hydrogen-bond acceptors (Lipinski definition) is 5. The topological polar surface area (TPSA) is 108 Å². The zero-order valence-corrected chi connectivity index (χ0v) is 21.6. The number of rotatable bonds is 13. The van der Waals surface area contributed by atoms with Crippen LogP contribution in [0.4, 0.5) is 4.79 Å². The highest BCUT2D eigenvalue weighted by atomic mass is 16.6. The van der Waals surface area contributed by atoms with E-state index in [-0.39, 0.29) is 17.6 Å². The van der Waals surface area contributed by atoms with Gasteiger partial charge in [0.1, 0.15) is 23.4 Å². The molecule has 0 spiro atoms. The van der Waals surface area contributed by atoms with Crippen LogP contribution in [0, 0.1) is 0 Å². The molecule has 0 fully saturated rings. The van der Waals surface area contributed by atoms with Gasteiger partial charge in [0, 0.05) is 13.1 Å². The number of phenols is 1. The van der Waals surface area contributed by atoms with Crippen molar-refractivity contribution in [1.29, 1.82) is 0 Å². The average molecular weight is 478 g/mol. The maximum Gasteiger partial charge on any atom is 0.408 e. The number of alkyl carbamates (subject to hydrolysis) is 1. The summed E-state index contributed by atoms with van der Waals surface area (Å²) in [6.45, 7) is 11.9. The summed E-state index contributed by atoms with van der Waals surface area (Å²) in [6, 6.07) is 4.54. The summed E-state index contributed by atoms with van der Waals surface area (Å²) >= 11 is 0. The highest BCUT2D eigenvalue weighted by Crippen LogP contribution is 2.25. The molecule has 1 rings (SSSR count). The van der Waals surface area contributed by atoms with Gasteiger partial charge in [0.2, 0.25) is 11.8 Å². The zero-order valence-electron chi connectivity index (χ0n) is 21.6. The van der Waals surface area contributed by atoms with Crippen LogP contribution in [0.2, 0.25) is 0 Å². The smallest absolute Gasteiger partial charge is 0.408 e. The second-order valence-electron chi connectivity index (χ2n) is 9.60. The summed E-state index contributed by atoms with van der Waals surface area (Å²) in [6.07, 6.45) is 4.80. The van der Waals surface area contributed by atoms with E-state index in [1.165, 1.54) is 17.0 Å². The van der Waals surface area contributed by atoms with E-state index in [0.717, 1.165) is 38.5 Å². The molecule has 0 saturated carbocycles. The molecule has 3 N–H and O–H groups in total. The first-order valence-corrected chi connectivity index (χ1v) is 12.4. The van der Waals surface area contributed by atoms with Crippen LogP contribution in [0.5, 0.6) is 5.75 Å². The summed E-state index contributed by atoms with van der Waals surface area (Å²) in [5.74, 6) is -0.576. The lowest BCUT2D eigenvalue weighted by molar-refractivity contribution is -0.142. The molecule has 2 atom stereocenters. The number of phenolic OH excluding ortho intramolecular Hbond substituents is 1.